The minimum absolute atomic E-state index is 0.150. The molecule has 3 N–H and O–H groups in total. The SMILES string of the molecule is COc1ccccc1Nc1ncccc1C(=O)N[C@@H]1CCCNC1=O. The normalized spacial score (nSPS) is 16.7. The van der Waals surface area contributed by atoms with Crippen molar-refractivity contribution in [3.63, 3.8) is 0 Å². The molecule has 2 heterocycles. The Hall–Kier alpha value is -3.09. The number of hydrogen-bond acceptors (Lipinski definition) is 5. The number of ether oxygens (including phenoxy) is 1. The van der Waals surface area contributed by atoms with Crippen molar-refractivity contribution >= 4 is 23.3 Å². The first-order valence-electron chi connectivity index (χ1n) is 8.12. The van der Waals surface area contributed by atoms with Crippen LogP contribution in [0.2, 0.25) is 0 Å². The number of aromatic nitrogens is 1. The van der Waals surface area contributed by atoms with E-state index in [0.717, 1.165) is 6.42 Å². The van der Waals surface area contributed by atoms with Crippen LogP contribution in [0, 0.1) is 0 Å². The largest absolute Gasteiger partial charge is 0.495 e. The number of methoxy groups -OCH3 is 1. The molecule has 1 saturated heterocycles. The molecule has 1 fully saturated rings. The molecule has 25 heavy (non-hydrogen) atoms. The molecular weight excluding hydrogens is 320 g/mol. The molecule has 1 aliphatic rings. The van der Waals surface area contributed by atoms with E-state index in [1.807, 2.05) is 24.3 Å². The third-order valence-corrected chi connectivity index (χ3v) is 4.00. The number of pyridine rings is 1. The second-order valence-electron chi connectivity index (χ2n) is 5.68. The van der Waals surface area contributed by atoms with Crippen molar-refractivity contribution in [3.05, 3.63) is 48.2 Å². The Morgan fingerprint density at radius 1 is 1.28 bits per heavy atom. The Balaban J connectivity index is 1.80. The molecule has 7 nitrogen and oxygen atoms in total. The zero-order chi connectivity index (χ0) is 17.6. The molecule has 0 bridgehead atoms. The molecular formula is C18H20N4O3. The van der Waals surface area contributed by atoms with E-state index in [9.17, 15) is 9.59 Å². The van der Waals surface area contributed by atoms with Gasteiger partial charge in [0.1, 0.15) is 17.6 Å². The van der Waals surface area contributed by atoms with Gasteiger partial charge in [-0.2, -0.15) is 0 Å². The van der Waals surface area contributed by atoms with Crippen molar-refractivity contribution in [1.82, 2.24) is 15.6 Å². The average molecular weight is 340 g/mol. The molecule has 0 radical (unpaired) electrons. The number of nitrogens with zero attached hydrogens (tertiary/aromatic N) is 1. The first-order valence-corrected chi connectivity index (χ1v) is 8.12. The van der Waals surface area contributed by atoms with Gasteiger partial charge in [-0.1, -0.05) is 12.1 Å². The van der Waals surface area contributed by atoms with Gasteiger partial charge in [0, 0.05) is 12.7 Å². The van der Waals surface area contributed by atoms with Crippen molar-refractivity contribution in [2.75, 3.05) is 19.0 Å². The fraction of sp³-hybridized carbons (Fsp3) is 0.278. The summed E-state index contributed by atoms with van der Waals surface area (Å²) < 4.78 is 5.31. The van der Waals surface area contributed by atoms with Crippen LogP contribution in [0.1, 0.15) is 23.2 Å². The van der Waals surface area contributed by atoms with E-state index < -0.39 is 6.04 Å². The van der Waals surface area contributed by atoms with Crippen LogP contribution in [-0.4, -0.2) is 36.5 Å². The van der Waals surface area contributed by atoms with Crippen LogP contribution >= 0.6 is 0 Å². The van der Waals surface area contributed by atoms with Gasteiger partial charge in [-0.05, 0) is 37.1 Å². The maximum Gasteiger partial charge on any atom is 0.255 e. The van der Waals surface area contributed by atoms with Crippen LogP contribution in [0.3, 0.4) is 0 Å². The molecule has 1 aromatic heterocycles. The minimum Gasteiger partial charge on any atom is -0.495 e. The lowest BCUT2D eigenvalue weighted by Gasteiger charge is -2.23. The van der Waals surface area contributed by atoms with Gasteiger partial charge in [-0.15, -0.1) is 0 Å². The molecule has 3 rings (SSSR count). The maximum atomic E-state index is 12.6. The number of nitrogens with one attached hydrogen (secondary N) is 3. The van der Waals surface area contributed by atoms with Gasteiger partial charge < -0.3 is 20.7 Å². The van der Waals surface area contributed by atoms with Gasteiger partial charge >= 0.3 is 0 Å². The van der Waals surface area contributed by atoms with E-state index in [0.29, 0.717) is 35.8 Å². The highest BCUT2D eigenvalue weighted by atomic mass is 16.5. The Morgan fingerprint density at radius 2 is 2.12 bits per heavy atom. The molecule has 0 spiro atoms. The van der Waals surface area contributed by atoms with E-state index in [1.165, 1.54) is 0 Å². The highest BCUT2D eigenvalue weighted by Gasteiger charge is 2.25. The van der Waals surface area contributed by atoms with E-state index in [4.69, 9.17) is 4.74 Å². The summed E-state index contributed by atoms with van der Waals surface area (Å²) in [4.78, 5) is 28.7. The van der Waals surface area contributed by atoms with Crippen LogP contribution in [0.25, 0.3) is 0 Å². The number of rotatable bonds is 5. The number of anilines is 2. The zero-order valence-electron chi connectivity index (χ0n) is 13.9. The summed E-state index contributed by atoms with van der Waals surface area (Å²) in [7, 11) is 1.58. The summed E-state index contributed by atoms with van der Waals surface area (Å²) in [5.41, 5.74) is 1.07. The predicted octanol–water partition coefficient (Wildman–Crippen LogP) is 1.84. The molecule has 2 amide bonds. The summed E-state index contributed by atoms with van der Waals surface area (Å²) in [6.07, 6.45) is 3.07. The Morgan fingerprint density at radius 3 is 2.92 bits per heavy atom. The first-order chi connectivity index (χ1) is 12.2. The molecule has 7 heteroatoms. The van der Waals surface area contributed by atoms with Gasteiger partial charge in [-0.3, -0.25) is 9.59 Å². The molecule has 1 aliphatic heterocycles. The monoisotopic (exact) mass is 340 g/mol. The topological polar surface area (TPSA) is 92.3 Å². The second kappa shape index (κ2) is 7.65. The number of benzene rings is 1. The Bertz CT molecular complexity index is 778. The van der Waals surface area contributed by atoms with Gasteiger partial charge in [0.05, 0.1) is 18.4 Å². The Labute approximate surface area is 145 Å². The number of carbonyl (C=O) groups excluding carboxylic acids is 2. The molecule has 0 saturated carbocycles. The average Bonchev–Trinajstić information content (AvgIpc) is 2.64. The Kier molecular flexibility index (Phi) is 5.13. The molecule has 130 valence electrons. The van der Waals surface area contributed by atoms with E-state index in [2.05, 4.69) is 20.9 Å². The fourth-order valence-corrected chi connectivity index (χ4v) is 2.71. The van der Waals surface area contributed by atoms with Crippen molar-refractivity contribution in [1.29, 1.82) is 0 Å². The smallest absolute Gasteiger partial charge is 0.255 e. The van der Waals surface area contributed by atoms with Gasteiger partial charge in [-0.25, -0.2) is 4.98 Å². The third-order valence-electron chi connectivity index (χ3n) is 4.00. The van der Waals surface area contributed by atoms with Crippen molar-refractivity contribution < 1.29 is 14.3 Å². The van der Waals surface area contributed by atoms with Crippen molar-refractivity contribution in [2.45, 2.75) is 18.9 Å². The molecule has 0 aliphatic carbocycles. The highest BCUT2D eigenvalue weighted by Crippen LogP contribution is 2.27. The van der Waals surface area contributed by atoms with Gasteiger partial charge in [0.25, 0.3) is 5.91 Å². The molecule has 0 unspecified atom stereocenters. The summed E-state index contributed by atoms with van der Waals surface area (Å²) >= 11 is 0. The zero-order valence-corrected chi connectivity index (χ0v) is 13.9. The van der Waals surface area contributed by atoms with Gasteiger partial charge in [0.15, 0.2) is 0 Å². The number of para-hydroxylation sites is 2. The number of carbonyl (C=O) groups is 2. The maximum absolute atomic E-state index is 12.6. The first kappa shape index (κ1) is 16.8. The number of piperidine rings is 1. The fourth-order valence-electron chi connectivity index (χ4n) is 2.71. The standard InChI is InChI=1S/C18H20N4O3/c1-25-15-9-3-2-7-13(15)21-16-12(6-4-10-19-16)17(23)22-14-8-5-11-20-18(14)24/h2-4,6-7,9-10,14H,5,8,11H2,1H3,(H,19,21)(H,20,24)(H,22,23)/t14-/m1/s1. The van der Waals surface area contributed by atoms with E-state index in [1.54, 1.807) is 25.4 Å². The van der Waals surface area contributed by atoms with Crippen LogP contribution in [0.5, 0.6) is 5.75 Å². The van der Waals surface area contributed by atoms with Crippen LogP contribution in [0.15, 0.2) is 42.6 Å². The van der Waals surface area contributed by atoms with Gasteiger partial charge in [0.2, 0.25) is 5.91 Å². The summed E-state index contributed by atoms with van der Waals surface area (Å²) in [5.74, 6) is 0.558. The molecule has 2 aromatic rings. The van der Waals surface area contributed by atoms with Crippen LogP contribution in [-0.2, 0) is 4.79 Å². The lowest BCUT2D eigenvalue weighted by molar-refractivity contribution is -0.124. The lowest BCUT2D eigenvalue weighted by atomic mass is 10.1. The number of hydrogen-bond donors (Lipinski definition) is 3. The molecule has 1 atom stereocenters. The van der Waals surface area contributed by atoms with Crippen LogP contribution < -0.4 is 20.7 Å². The lowest BCUT2D eigenvalue weighted by Crippen LogP contribution is -2.50. The highest BCUT2D eigenvalue weighted by molar-refractivity contribution is 6.01. The van der Waals surface area contributed by atoms with Crippen molar-refractivity contribution in [3.8, 4) is 5.75 Å². The third kappa shape index (κ3) is 3.88. The summed E-state index contributed by atoms with van der Waals surface area (Å²) in [6, 6.07) is 10.2. The van der Waals surface area contributed by atoms with E-state index in [-0.39, 0.29) is 11.8 Å². The number of amides is 2. The summed E-state index contributed by atoms with van der Waals surface area (Å²) in [5, 5.41) is 8.66. The van der Waals surface area contributed by atoms with Crippen molar-refractivity contribution in [2.24, 2.45) is 0 Å². The summed E-state index contributed by atoms with van der Waals surface area (Å²) in [6.45, 7) is 0.651. The predicted molar refractivity (Wildman–Crippen MR) is 94.0 cm³/mol. The van der Waals surface area contributed by atoms with Crippen LogP contribution in [0.4, 0.5) is 11.5 Å². The molecule has 1 aromatic carbocycles. The second-order valence-corrected chi connectivity index (χ2v) is 5.68. The quantitative estimate of drug-likeness (QED) is 0.772. The van der Waals surface area contributed by atoms with E-state index >= 15 is 0 Å². The minimum atomic E-state index is -0.513.